The lowest BCUT2D eigenvalue weighted by atomic mass is 9.87. The summed E-state index contributed by atoms with van der Waals surface area (Å²) >= 11 is 0. The molecule has 0 aliphatic heterocycles. The lowest BCUT2D eigenvalue weighted by Gasteiger charge is -2.22. The molecule has 1 N–H and O–H groups in total. The molecule has 0 atom stereocenters. The van der Waals surface area contributed by atoms with E-state index in [1.807, 2.05) is 38.1 Å². The Hall–Kier alpha value is -1.40. The minimum atomic E-state index is -3.40. The normalized spacial score (nSPS) is 12.7. The van der Waals surface area contributed by atoms with Crippen LogP contribution in [-0.4, -0.2) is 38.0 Å². The fourth-order valence-electron chi connectivity index (χ4n) is 2.14. The van der Waals surface area contributed by atoms with Crippen molar-refractivity contribution in [1.82, 2.24) is 4.31 Å². The third-order valence-electron chi connectivity index (χ3n) is 3.39. The summed E-state index contributed by atoms with van der Waals surface area (Å²) in [6.07, 6.45) is 1.13. The number of hydrogen-bond donors (Lipinski definition) is 1. The number of benzene rings is 1. The van der Waals surface area contributed by atoms with E-state index < -0.39 is 10.0 Å². The van der Waals surface area contributed by atoms with Crippen LogP contribution in [0.25, 0.3) is 0 Å². The highest BCUT2D eigenvalue weighted by atomic mass is 32.2. The Labute approximate surface area is 140 Å². The van der Waals surface area contributed by atoms with Gasteiger partial charge in [-0.1, -0.05) is 46.8 Å². The molecule has 0 radical (unpaired) electrons. The van der Waals surface area contributed by atoms with Crippen LogP contribution in [0.5, 0.6) is 0 Å². The molecule has 1 aromatic rings. The van der Waals surface area contributed by atoms with Crippen LogP contribution in [0.4, 0.5) is 5.69 Å². The predicted molar refractivity (Wildman–Crippen MR) is 95.0 cm³/mol. The minimum absolute atomic E-state index is 0.0485. The molecule has 0 aliphatic carbocycles. The summed E-state index contributed by atoms with van der Waals surface area (Å²) in [5, 5.41) is 2.75. The molecule has 6 heteroatoms. The van der Waals surface area contributed by atoms with Gasteiger partial charge in [0.15, 0.2) is 0 Å². The van der Waals surface area contributed by atoms with E-state index in [9.17, 15) is 13.2 Å². The van der Waals surface area contributed by atoms with Crippen LogP contribution in [0, 0.1) is 5.92 Å². The molecule has 1 amide bonds. The summed E-state index contributed by atoms with van der Waals surface area (Å²) in [4.78, 5) is 12.1. The smallest absolute Gasteiger partial charge is 0.239 e. The highest BCUT2D eigenvalue weighted by Gasteiger charge is 2.21. The van der Waals surface area contributed by atoms with Gasteiger partial charge < -0.3 is 5.32 Å². The Morgan fingerprint density at radius 3 is 2.09 bits per heavy atom. The summed E-state index contributed by atoms with van der Waals surface area (Å²) < 4.78 is 24.7. The lowest BCUT2D eigenvalue weighted by molar-refractivity contribution is -0.116. The Bertz CT molecular complexity index is 629. The zero-order valence-corrected chi connectivity index (χ0v) is 15.7. The van der Waals surface area contributed by atoms with Crippen molar-refractivity contribution in [2.24, 2.45) is 5.92 Å². The van der Waals surface area contributed by atoms with Crippen LogP contribution in [0.15, 0.2) is 24.3 Å². The first-order valence-corrected chi connectivity index (χ1v) is 9.60. The molecule has 0 aromatic heterocycles. The van der Waals surface area contributed by atoms with E-state index >= 15 is 0 Å². The number of amides is 1. The molecule has 0 saturated carbocycles. The monoisotopic (exact) mass is 340 g/mol. The van der Waals surface area contributed by atoms with Gasteiger partial charge in [-0.15, -0.1) is 0 Å². The molecule has 0 unspecified atom stereocenters. The second-order valence-corrected chi connectivity index (χ2v) is 9.31. The molecule has 1 aromatic carbocycles. The quantitative estimate of drug-likeness (QED) is 0.866. The number of nitrogens with zero attached hydrogens (tertiary/aromatic N) is 1. The van der Waals surface area contributed by atoms with E-state index in [2.05, 4.69) is 26.1 Å². The van der Waals surface area contributed by atoms with Gasteiger partial charge in [0.1, 0.15) is 0 Å². The van der Waals surface area contributed by atoms with Gasteiger partial charge in [0, 0.05) is 12.2 Å². The number of carbonyl (C=O) groups excluding carboxylic acids is 1. The second kappa shape index (κ2) is 7.45. The molecule has 5 nitrogen and oxygen atoms in total. The van der Waals surface area contributed by atoms with Crippen molar-refractivity contribution in [2.75, 3.05) is 24.7 Å². The maximum absolute atomic E-state index is 12.1. The molecule has 0 spiro atoms. The van der Waals surface area contributed by atoms with Gasteiger partial charge in [-0.05, 0) is 29.0 Å². The van der Waals surface area contributed by atoms with Crippen LogP contribution in [0.3, 0.4) is 0 Å². The fourth-order valence-corrected chi connectivity index (χ4v) is 3.06. The maximum Gasteiger partial charge on any atom is 0.239 e. The van der Waals surface area contributed by atoms with Crippen LogP contribution >= 0.6 is 0 Å². The number of carbonyl (C=O) groups is 1. The molecular formula is C17H28N2O3S. The van der Waals surface area contributed by atoms with Crippen LogP contribution in [0.2, 0.25) is 0 Å². The first kappa shape index (κ1) is 19.6. The van der Waals surface area contributed by atoms with E-state index in [1.165, 1.54) is 9.87 Å². The molecule has 0 bridgehead atoms. The van der Waals surface area contributed by atoms with Gasteiger partial charge in [-0.2, -0.15) is 4.31 Å². The van der Waals surface area contributed by atoms with Crippen LogP contribution in [-0.2, 0) is 20.2 Å². The van der Waals surface area contributed by atoms with E-state index in [-0.39, 0.29) is 23.8 Å². The highest BCUT2D eigenvalue weighted by molar-refractivity contribution is 7.88. The minimum Gasteiger partial charge on any atom is -0.325 e. The SMILES string of the molecule is CC(C)CN(CC(=O)Nc1ccc(C(C)(C)C)cc1)S(C)(=O)=O. The van der Waals surface area contributed by atoms with Crippen LogP contribution < -0.4 is 5.32 Å². The molecular weight excluding hydrogens is 312 g/mol. The highest BCUT2D eigenvalue weighted by Crippen LogP contribution is 2.23. The van der Waals surface area contributed by atoms with Crippen molar-refractivity contribution in [2.45, 2.75) is 40.0 Å². The average molecular weight is 340 g/mol. The number of sulfonamides is 1. The predicted octanol–water partition coefficient (Wildman–Crippen LogP) is 2.84. The number of nitrogens with one attached hydrogen (secondary N) is 1. The largest absolute Gasteiger partial charge is 0.325 e. The number of hydrogen-bond acceptors (Lipinski definition) is 3. The first-order chi connectivity index (χ1) is 10.4. The van der Waals surface area contributed by atoms with Crippen LogP contribution in [0.1, 0.15) is 40.2 Å². The Kier molecular flexibility index (Phi) is 6.36. The zero-order chi connectivity index (χ0) is 17.8. The molecule has 0 fully saturated rings. The number of anilines is 1. The van der Waals surface area contributed by atoms with Gasteiger partial charge in [-0.25, -0.2) is 8.42 Å². The standard InChI is InChI=1S/C17H28N2O3S/c1-13(2)11-19(23(6,21)22)12-16(20)18-15-9-7-14(8-10-15)17(3,4)5/h7-10,13H,11-12H2,1-6H3,(H,18,20). The van der Waals surface area contributed by atoms with Crippen molar-refractivity contribution in [3.8, 4) is 0 Å². The van der Waals surface area contributed by atoms with Crippen molar-refractivity contribution in [1.29, 1.82) is 0 Å². The van der Waals surface area contributed by atoms with E-state index in [4.69, 9.17) is 0 Å². The summed E-state index contributed by atoms with van der Waals surface area (Å²) in [5.74, 6) is -0.178. The van der Waals surface area contributed by atoms with Crippen molar-refractivity contribution in [3.05, 3.63) is 29.8 Å². The van der Waals surface area contributed by atoms with E-state index in [1.54, 1.807) is 0 Å². The Morgan fingerprint density at radius 1 is 1.17 bits per heavy atom. The lowest BCUT2D eigenvalue weighted by Crippen LogP contribution is -2.39. The fraction of sp³-hybridized carbons (Fsp3) is 0.588. The summed E-state index contributed by atoms with van der Waals surface area (Å²) in [6.45, 7) is 10.4. The number of rotatable bonds is 6. The van der Waals surface area contributed by atoms with Gasteiger partial charge in [-0.3, -0.25) is 4.79 Å². The summed E-state index contributed by atoms with van der Waals surface area (Å²) in [6, 6.07) is 7.62. The van der Waals surface area contributed by atoms with Gasteiger partial charge >= 0.3 is 0 Å². The molecule has 1 rings (SSSR count). The maximum atomic E-state index is 12.1. The summed E-state index contributed by atoms with van der Waals surface area (Å²) in [7, 11) is -3.40. The molecule has 0 heterocycles. The van der Waals surface area contributed by atoms with Crippen molar-refractivity contribution >= 4 is 21.6 Å². The summed E-state index contributed by atoms with van der Waals surface area (Å²) in [5.41, 5.74) is 1.89. The average Bonchev–Trinajstić information content (AvgIpc) is 2.35. The van der Waals surface area contributed by atoms with Gasteiger partial charge in [0.25, 0.3) is 0 Å². The topological polar surface area (TPSA) is 66.5 Å². The Morgan fingerprint density at radius 2 is 1.70 bits per heavy atom. The van der Waals surface area contributed by atoms with E-state index in [0.29, 0.717) is 12.2 Å². The molecule has 0 saturated heterocycles. The third-order valence-corrected chi connectivity index (χ3v) is 4.61. The van der Waals surface area contributed by atoms with Gasteiger partial charge in [0.2, 0.25) is 15.9 Å². The van der Waals surface area contributed by atoms with Crippen molar-refractivity contribution < 1.29 is 13.2 Å². The molecule has 23 heavy (non-hydrogen) atoms. The first-order valence-electron chi connectivity index (χ1n) is 7.75. The van der Waals surface area contributed by atoms with Gasteiger partial charge in [0.05, 0.1) is 12.8 Å². The van der Waals surface area contributed by atoms with E-state index in [0.717, 1.165) is 6.26 Å². The second-order valence-electron chi connectivity index (χ2n) is 7.32. The third kappa shape index (κ3) is 6.71. The zero-order valence-electron chi connectivity index (χ0n) is 14.9. The molecule has 0 aliphatic rings. The van der Waals surface area contributed by atoms with Crippen molar-refractivity contribution in [3.63, 3.8) is 0 Å². The molecule has 130 valence electrons. The Balaban J connectivity index is 2.75.